The topological polar surface area (TPSA) is 45.8 Å². The van der Waals surface area contributed by atoms with Crippen molar-refractivity contribution >= 4 is 22.6 Å². The standard InChI is InChI=1S/C8H5ClN2O/c9-6-3-5-1-2-7(12)11-8(5)10-4-6/h1-4H,(H,10,11,12). The minimum atomic E-state index is -0.155. The number of aromatic nitrogens is 2. The number of hydrogen-bond acceptors (Lipinski definition) is 2. The molecule has 0 unspecified atom stereocenters. The molecule has 0 atom stereocenters. The number of hydrogen-bond donors (Lipinski definition) is 1. The van der Waals surface area contributed by atoms with E-state index in [1.807, 2.05) is 0 Å². The van der Waals surface area contributed by atoms with Crippen molar-refractivity contribution in [2.45, 2.75) is 0 Å². The lowest BCUT2D eigenvalue weighted by Gasteiger charge is -1.94. The quantitative estimate of drug-likeness (QED) is 0.669. The summed E-state index contributed by atoms with van der Waals surface area (Å²) in [4.78, 5) is 17.4. The Balaban J connectivity index is 2.87. The molecule has 0 spiro atoms. The van der Waals surface area contributed by atoms with Crippen LogP contribution in [0.4, 0.5) is 0 Å². The Labute approximate surface area is 73.0 Å². The molecule has 0 aliphatic carbocycles. The van der Waals surface area contributed by atoms with Gasteiger partial charge in [0.1, 0.15) is 5.65 Å². The van der Waals surface area contributed by atoms with Gasteiger partial charge in [-0.3, -0.25) is 4.79 Å². The van der Waals surface area contributed by atoms with Gasteiger partial charge in [0.05, 0.1) is 5.02 Å². The number of nitrogens with one attached hydrogen (secondary N) is 1. The molecule has 2 heterocycles. The van der Waals surface area contributed by atoms with E-state index < -0.39 is 0 Å². The molecule has 0 amide bonds. The first-order valence-corrected chi connectivity index (χ1v) is 3.78. The van der Waals surface area contributed by atoms with E-state index in [9.17, 15) is 4.79 Å². The fourth-order valence-corrected chi connectivity index (χ4v) is 1.18. The van der Waals surface area contributed by atoms with Crippen molar-refractivity contribution in [3.8, 4) is 0 Å². The van der Waals surface area contributed by atoms with Gasteiger partial charge in [-0.2, -0.15) is 0 Å². The number of halogens is 1. The minimum absolute atomic E-state index is 0.155. The molecule has 0 saturated heterocycles. The summed E-state index contributed by atoms with van der Waals surface area (Å²) in [6.45, 7) is 0. The molecule has 4 heteroatoms. The molecule has 0 aliphatic rings. The van der Waals surface area contributed by atoms with Gasteiger partial charge in [0, 0.05) is 17.6 Å². The molecule has 0 saturated carbocycles. The van der Waals surface area contributed by atoms with Gasteiger partial charge in [0.15, 0.2) is 0 Å². The zero-order valence-electron chi connectivity index (χ0n) is 6.04. The second kappa shape index (κ2) is 2.60. The summed E-state index contributed by atoms with van der Waals surface area (Å²) < 4.78 is 0. The maximum Gasteiger partial charge on any atom is 0.249 e. The van der Waals surface area contributed by atoms with E-state index in [1.54, 1.807) is 12.1 Å². The van der Waals surface area contributed by atoms with Crippen LogP contribution in [0.1, 0.15) is 0 Å². The lowest BCUT2D eigenvalue weighted by molar-refractivity contribution is 1.23. The van der Waals surface area contributed by atoms with Gasteiger partial charge in [0.2, 0.25) is 5.56 Å². The van der Waals surface area contributed by atoms with Crippen molar-refractivity contribution in [2.75, 3.05) is 0 Å². The summed E-state index contributed by atoms with van der Waals surface area (Å²) >= 11 is 5.70. The molecule has 2 aromatic rings. The highest BCUT2D eigenvalue weighted by molar-refractivity contribution is 6.31. The summed E-state index contributed by atoms with van der Waals surface area (Å²) in [5, 5.41) is 1.40. The van der Waals surface area contributed by atoms with Gasteiger partial charge < -0.3 is 4.98 Å². The molecule has 60 valence electrons. The average molecular weight is 181 g/mol. The van der Waals surface area contributed by atoms with Crippen LogP contribution in [0.15, 0.2) is 29.2 Å². The highest BCUT2D eigenvalue weighted by Gasteiger charge is 1.95. The molecule has 1 N–H and O–H groups in total. The van der Waals surface area contributed by atoms with Crippen molar-refractivity contribution in [3.63, 3.8) is 0 Å². The van der Waals surface area contributed by atoms with Crippen molar-refractivity contribution in [3.05, 3.63) is 39.8 Å². The summed E-state index contributed by atoms with van der Waals surface area (Å²) in [6, 6.07) is 4.88. The molecule has 2 aromatic heterocycles. The summed E-state index contributed by atoms with van der Waals surface area (Å²) in [7, 11) is 0. The van der Waals surface area contributed by atoms with Crippen molar-refractivity contribution < 1.29 is 0 Å². The van der Waals surface area contributed by atoms with Gasteiger partial charge in [-0.15, -0.1) is 0 Å². The third-order valence-corrected chi connectivity index (χ3v) is 1.75. The van der Waals surface area contributed by atoms with Crippen LogP contribution in [0.25, 0.3) is 11.0 Å². The third-order valence-electron chi connectivity index (χ3n) is 1.54. The van der Waals surface area contributed by atoms with E-state index >= 15 is 0 Å². The SMILES string of the molecule is O=c1ccc2cc(Cl)cnc2[nH]1. The first-order chi connectivity index (χ1) is 5.75. The number of rotatable bonds is 0. The van der Waals surface area contributed by atoms with Gasteiger partial charge in [0.25, 0.3) is 0 Å². The molecule has 0 aromatic carbocycles. The van der Waals surface area contributed by atoms with E-state index in [4.69, 9.17) is 11.6 Å². The van der Waals surface area contributed by atoms with Crippen LogP contribution >= 0.6 is 11.6 Å². The van der Waals surface area contributed by atoms with E-state index in [1.165, 1.54) is 12.3 Å². The maximum absolute atomic E-state index is 10.8. The Morgan fingerprint density at radius 2 is 2.25 bits per heavy atom. The van der Waals surface area contributed by atoms with Crippen LogP contribution in [0.5, 0.6) is 0 Å². The number of nitrogens with zero attached hydrogens (tertiary/aromatic N) is 1. The van der Waals surface area contributed by atoms with Crippen molar-refractivity contribution in [2.24, 2.45) is 0 Å². The van der Waals surface area contributed by atoms with E-state index in [0.29, 0.717) is 10.7 Å². The van der Waals surface area contributed by atoms with E-state index in [0.717, 1.165) is 5.39 Å². The molecular formula is C8H5ClN2O. The molecule has 2 rings (SSSR count). The lowest BCUT2D eigenvalue weighted by Crippen LogP contribution is -2.03. The molecule has 12 heavy (non-hydrogen) atoms. The molecule has 3 nitrogen and oxygen atoms in total. The predicted octanol–water partition coefficient (Wildman–Crippen LogP) is 1.58. The fraction of sp³-hybridized carbons (Fsp3) is 0. The summed E-state index contributed by atoms with van der Waals surface area (Å²) in [5.41, 5.74) is 0.407. The van der Waals surface area contributed by atoms with Crippen LogP contribution in [-0.4, -0.2) is 9.97 Å². The third kappa shape index (κ3) is 1.19. The van der Waals surface area contributed by atoms with Gasteiger partial charge in [-0.05, 0) is 12.1 Å². The largest absolute Gasteiger partial charge is 0.307 e. The maximum atomic E-state index is 10.8. The highest BCUT2D eigenvalue weighted by atomic mass is 35.5. The second-order valence-electron chi connectivity index (χ2n) is 2.41. The Bertz CT molecular complexity index is 478. The zero-order valence-corrected chi connectivity index (χ0v) is 6.80. The fourth-order valence-electron chi connectivity index (χ4n) is 1.01. The minimum Gasteiger partial charge on any atom is -0.307 e. The number of fused-ring (bicyclic) bond motifs is 1. The van der Waals surface area contributed by atoms with E-state index in [-0.39, 0.29) is 5.56 Å². The molecule has 0 radical (unpaired) electrons. The molecule has 0 aliphatic heterocycles. The smallest absolute Gasteiger partial charge is 0.249 e. The van der Waals surface area contributed by atoms with Crippen molar-refractivity contribution in [1.29, 1.82) is 0 Å². The first kappa shape index (κ1) is 7.31. The van der Waals surface area contributed by atoms with Crippen LogP contribution in [-0.2, 0) is 0 Å². The summed E-state index contributed by atoms with van der Waals surface area (Å²) in [6.07, 6.45) is 1.50. The average Bonchev–Trinajstić information content (AvgIpc) is 2.05. The monoisotopic (exact) mass is 180 g/mol. The van der Waals surface area contributed by atoms with E-state index in [2.05, 4.69) is 9.97 Å². The van der Waals surface area contributed by atoms with Gasteiger partial charge in [-0.25, -0.2) is 4.98 Å². The first-order valence-electron chi connectivity index (χ1n) is 3.40. The lowest BCUT2D eigenvalue weighted by atomic mass is 10.3. The normalized spacial score (nSPS) is 10.4. The Morgan fingerprint density at radius 3 is 3.08 bits per heavy atom. The van der Waals surface area contributed by atoms with Crippen molar-refractivity contribution in [1.82, 2.24) is 9.97 Å². The zero-order chi connectivity index (χ0) is 8.55. The van der Waals surface area contributed by atoms with Crippen LogP contribution in [0.3, 0.4) is 0 Å². The van der Waals surface area contributed by atoms with Crippen LogP contribution in [0.2, 0.25) is 5.02 Å². The molecule has 0 fully saturated rings. The highest BCUT2D eigenvalue weighted by Crippen LogP contribution is 2.12. The Kier molecular flexibility index (Phi) is 1.59. The number of H-pyrrole nitrogens is 1. The number of aromatic amines is 1. The summed E-state index contributed by atoms with van der Waals surface area (Å²) in [5.74, 6) is 0. The Hall–Kier alpha value is -1.35. The van der Waals surface area contributed by atoms with Crippen LogP contribution < -0.4 is 5.56 Å². The van der Waals surface area contributed by atoms with Gasteiger partial charge in [-0.1, -0.05) is 11.6 Å². The number of pyridine rings is 2. The predicted molar refractivity (Wildman–Crippen MR) is 47.4 cm³/mol. The second-order valence-corrected chi connectivity index (χ2v) is 2.85. The van der Waals surface area contributed by atoms with Gasteiger partial charge >= 0.3 is 0 Å². The Morgan fingerprint density at radius 1 is 1.42 bits per heavy atom. The molecular weight excluding hydrogens is 176 g/mol. The molecule has 0 bridgehead atoms. The van der Waals surface area contributed by atoms with Crippen LogP contribution in [0, 0.1) is 0 Å².